The molecule has 1 saturated heterocycles. The largest absolute Gasteiger partial charge is 0.481 e. The van der Waals surface area contributed by atoms with Gasteiger partial charge in [0.15, 0.2) is 0 Å². The summed E-state index contributed by atoms with van der Waals surface area (Å²) in [4.78, 5) is 43.0. The maximum absolute atomic E-state index is 14.1. The number of sulfonamides is 2. The van der Waals surface area contributed by atoms with E-state index in [1.165, 1.54) is 15.9 Å². The van der Waals surface area contributed by atoms with Crippen molar-refractivity contribution in [2.45, 2.75) is 36.1 Å². The summed E-state index contributed by atoms with van der Waals surface area (Å²) < 4.78 is 52.1. The van der Waals surface area contributed by atoms with Gasteiger partial charge in [-0.15, -0.1) is 0 Å². The minimum absolute atomic E-state index is 0.0367. The zero-order valence-electron chi connectivity index (χ0n) is 24.6. The molecule has 0 aliphatic carbocycles. The zero-order valence-corrected chi connectivity index (χ0v) is 28.5. The van der Waals surface area contributed by atoms with E-state index in [1.807, 2.05) is 6.92 Å². The van der Waals surface area contributed by atoms with Gasteiger partial charge in [0.1, 0.15) is 9.79 Å². The summed E-state index contributed by atoms with van der Waals surface area (Å²) in [5.74, 6) is -1.95. The molecule has 3 aromatic carbocycles. The highest BCUT2D eigenvalue weighted by molar-refractivity contribution is 7.90. The number of amides is 3. The van der Waals surface area contributed by atoms with Gasteiger partial charge in [-0.25, -0.2) is 26.8 Å². The maximum atomic E-state index is 14.1. The third kappa shape index (κ3) is 7.36. The summed E-state index contributed by atoms with van der Waals surface area (Å²) in [7, 11) is -8.71. The number of nitrogens with one attached hydrogen (secondary N) is 1. The normalized spacial score (nSPS) is 19.4. The second-order valence-corrected chi connectivity index (χ2v) is 16.0. The molecule has 0 saturated carbocycles. The Kier molecular flexibility index (Phi) is 9.56. The molecule has 4 N–H and O–H groups in total. The number of benzene rings is 3. The molecule has 0 aromatic heterocycles. The van der Waals surface area contributed by atoms with Crippen LogP contribution < -0.4 is 19.7 Å². The molecule has 2 heterocycles. The Labute approximate surface area is 285 Å². The van der Waals surface area contributed by atoms with Gasteiger partial charge < -0.3 is 10.0 Å². The monoisotopic (exact) mass is 743 g/mol. The van der Waals surface area contributed by atoms with E-state index in [1.54, 1.807) is 36.4 Å². The third-order valence-corrected chi connectivity index (χ3v) is 11.3. The molecule has 18 heteroatoms. The van der Waals surface area contributed by atoms with Crippen molar-refractivity contribution in [1.29, 1.82) is 0 Å². The Hall–Kier alpha value is -3.44. The predicted molar refractivity (Wildman–Crippen MR) is 176 cm³/mol. The van der Waals surface area contributed by atoms with Crippen LogP contribution in [0.5, 0.6) is 0 Å². The number of carboxylic acids is 1. The number of nitrogens with two attached hydrogens (primary N) is 1. The number of carbonyl (C=O) groups is 3. The minimum atomic E-state index is -4.43. The van der Waals surface area contributed by atoms with Crippen molar-refractivity contribution in [3.63, 3.8) is 0 Å². The number of nitrogens with zero attached hydrogens (tertiary/aromatic N) is 3. The molecule has 3 amide bonds. The zero-order chi connectivity index (χ0) is 34.5. The molecular weight excluding hydrogens is 717 g/mol. The first kappa shape index (κ1) is 34.9. The van der Waals surface area contributed by atoms with Gasteiger partial charge in [-0.3, -0.25) is 19.4 Å². The number of hydrogen-bond acceptors (Lipinski definition) is 7. The smallest absolute Gasteiger partial charge is 0.324 e. The molecule has 1 unspecified atom stereocenters. The Morgan fingerprint density at radius 1 is 1.00 bits per heavy atom. The van der Waals surface area contributed by atoms with Crippen molar-refractivity contribution in [3.05, 3.63) is 80.8 Å². The van der Waals surface area contributed by atoms with Crippen LogP contribution in [-0.4, -0.2) is 64.5 Å². The Morgan fingerprint density at radius 3 is 2.30 bits per heavy atom. The summed E-state index contributed by atoms with van der Waals surface area (Å²) >= 11 is 18.7. The highest BCUT2D eigenvalue weighted by Gasteiger charge is 2.47. The number of rotatable bonds is 8. The van der Waals surface area contributed by atoms with Crippen LogP contribution >= 0.6 is 34.8 Å². The molecule has 0 spiro atoms. The molecule has 250 valence electrons. The molecule has 13 nitrogen and oxygen atoms in total. The fourth-order valence-corrected chi connectivity index (χ4v) is 8.54. The molecule has 2 aliphatic rings. The number of hydrogen-bond donors (Lipinski definition) is 3. The van der Waals surface area contributed by atoms with Crippen LogP contribution in [-0.2, 0) is 36.2 Å². The quantitative estimate of drug-likeness (QED) is 0.307. The van der Waals surface area contributed by atoms with Crippen LogP contribution in [0.2, 0.25) is 15.1 Å². The van der Waals surface area contributed by atoms with E-state index in [9.17, 15) is 36.3 Å². The first-order valence-corrected chi connectivity index (χ1v) is 18.0. The second kappa shape index (κ2) is 12.9. The van der Waals surface area contributed by atoms with Crippen molar-refractivity contribution in [2.24, 2.45) is 10.6 Å². The molecule has 1 fully saturated rings. The second-order valence-electron chi connectivity index (χ2n) is 11.5. The van der Waals surface area contributed by atoms with Crippen LogP contribution in [0.1, 0.15) is 24.0 Å². The van der Waals surface area contributed by atoms with Crippen LogP contribution in [0, 0.1) is 12.3 Å². The summed E-state index contributed by atoms with van der Waals surface area (Å²) in [5, 5.41) is 15.5. The van der Waals surface area contributed by atoms with E-state index in [4.69, 9.17) is 39.9 Å². The Balaban J connectivity index is 1.57. The molecule has 0 bridgehead atoms. The highest BCUT2D eigenvalue weighted by atomic mass is 35.5. The van der Waals surface area contributed by atoms with E-state index in [2.05, 4.69) is 4.72 Å². The van der Waals surface area contributed by atoms with E-state index in [0.717, 1.165) is 22.6 Å². The average molecular weight is 745 g/mol. The molecule has 2 aliphatic heterocycles. The van der Waals surface area contributed by atoms with Crippen LogP contribution in [0.3, 0.4) is 0 Å². The standard InChI is InChI=1S/C29H28Cl3N5O8S2/c1-17-2-6-20(7-3-17)36-15-29(12-27(39)40,14-35(28(36)41)13-18-4-5-19(30)8-21(18)31)11-26(38)37-16-34-47(44,45)25-10-24(46(33,42)43)22(32)9-23(25)37/h2-10,34H,11-16H2,1H3,(H,39,40)(H2,33,42,43). The third-order valence-electron chi connectivity index (χ3n) is 7.91. The van der Waals surface area contributed by atoms with E-state index < -0.39 is 77.7 Å². The first-order chi connectivity index (χ1) is 21.9. The number of aliphatic carboxylic acids is 1. The van der Waals surface area contributed by atoms with Crippen molar-refractivity contribution in [1.82, 2.24) is 9.62 Å². The van der Waals surface area contributed by atoms with Crippen molar-refractivity contribution in [3.8, 4) is 0 Å². The van der Waals surface area contributed by atoms with Gasteiger partial charge in [-0.1, -0.05) is 58.6 Å². The number of carboxylic acid groups (broad SMARTS) is 1. The van der Waals surface area contributed by atoms with Gasteiger partial charge in [-0.05, 0) is 48.9 Å². The lowest BCUT2D eigenvalue weighted by molar-refractivity contribution is -0.140. The van der Waals surface area contributed by atoms with Gasteiger partial charge in [0.2, 0.25) is 26.0 Å². The average Bonchev–Trinajstić information content (AvgIpc) is 2.95. The maximum Gasteiger partial charge on any atom is 0.324 e. The van der Waals surface area contributed by atoms with Crippen molar-refractivity contribution < 1.29 is 36.3 Å². The Morgan fingerprint density at radius 2 is 1.68 bits per heavy atom. The molecule has 1 atom stereocenters. The predicted octanol–water partition coefficient (Wildman–Crippen LogP) is 4.18. The summed E-state index contributed by atoms with van der Waals surface area (Å²) in [6.45, 7) is 0.934. The number of anilines is 2. The number of fused-ring (bicyclic) bond motifs is 1. The number of halogens is 3. The fourth-order valence-electron chi connectivity index (χ4n) is 5.73. The summed E-state index contributed by atoms with van der Waals surface area (Å²) in [5.41, 5.74) is 0.300. The SMILES string of the molecule is Cc1ccc(N2CC(CC(=O)O)(CC(=O)N3CNS(=O)(=O)c4cc(S(N)(=O)=O)c(Cl)cc43)CN(Cc3ccc(Cl)cc3Cl)C2=O)cc1. The van der Waals surface area contributed by atoms with E-state index >= 15 is 0 Å². The topological polar surface area (TPSA) is 187 Å². The minimum Gasteiger partial charge on any atom is -0.481 e. The molecule has 3 aromatic rings. The van der Waals surface area contributed by atoms with Gasteiger partial charge in [0.25, 0.3) is 0 Å². The lowest BCUT2D eigenvalue weighted by Crippen LogP contribution is -2.60. The number of urea groups is 1. The number of primary sulfonamides is 1. The summed E-state index contributed by atoms with van der Waals surface area (Å²) in [6.07, 6.45) is -1.01. The highest BCUT2D eigenvalue weighted by Crippen LogP contribution is 2.41. The van der Waals surface area contributed by atoms with Crippen LogP contribution in [0.25, 0.3) is 0 Å². The molecule has 47 heavy (non-hydrogen) atoms. The van der Waals surface area contributed by atoms with Crippen molar-refractivity contribution >= 4 is 84.1 Å². The van der Waals surface area contributed by atoms with Crippen LogP contribution in [0.15, 0.2) is 64.4 Å². The number of carbonyl (C=O) groups excluding carboxylic acids is 2. The molecule has 0 radical (unpaired) electrons. The summed E-state index contributed by atoms with van der Waals surface area (Å²) in [6, 6.07) is 13.1. The molecular formula is C29H28Cl3N5O8S2. The Bertz CT molecular complexity index is 2010. The van der Waals surface area contributed by atoms with E-state index in [0.29, 0.717) is 16.3 Å². The van der Waals surface area contributed by atoms with Gasteiger partial charge in [-0.2, -0.15) is 4.72 Å². The van der Waals surface area contributed by atoms with Gasteiger partial charge in [0, 0.05) is 47.2 Å². The number of aryl methyl sites for hydroxylation is 1. The lowest BCUT2D eigenvalue weighted by atomic mass is 9.77. The first-order valence-electron chi connectivity index (χ1n) is 13.8. The van der Waals surface area contributed by atoms with Crippen LogP contribution in [0.4, 0.5) is 16.2 Å². The molecule has 5 rings (SSSR count). The fraction of sp³-hybridized carbons (Fsp3) is 0.276. The lowest BCUT2D eigenvalue weighted by Gasteiger charge is -2.47. The van der Waals surface area contributed by atoms with E-state index in [-0.39, 0.29) is 30.3 Å². The van der Waals surface area contributed by atoms with Gasteiger partial charge >= 0.3 is 12.0 Å². The van der Waals surface area contributed by atoms with Gasteiger partial charge in [0.05, 0.1) is 23.8 Å². The van der Waals surface area contributed by atoms with Crippen molar-refractivity contribution in [2.75, 3.05) is 29.6 Å².